The van der Waals surface area contributed by atoms with Gasteiger partial charge in [0.15, 0.2) is 11.6 Å². The second-order valence-corrected chi connectivity index (χ2v) is 5.27. The van der Waals surface area contributed by atoms with Gasteiger partial charge in [0.05, 0.1) is 18.5 Å². The number of benzene rings is 1. The van der Waals surface area contributed by atoms with Crippen LogP contribution < -0.4 is 15.8 Å². The number of hydrogen-bond donors (Lipinski definition) is 2. The number of nitrogens with one attached hydrogen (secondary N) is 1. The van der Waals surface area contributed by atoms with Gasteiger partial charge in [-0.05, 0) is 26.8 Å². The van der Waals surface area contributed by atoms with Crippen molar-refractivity contribution in [1.82, 2.24) is 4.90 Å². The normalized spacial score (nSPS) is 24.2. The van der Waals surface area contributed by atoms with E-state index in [2.05, 4.69) is 24.2 Å². The van der Waals surface area contributed by atoms with E-state index < -0.39 is 5.82 Å². The molecule has 1 aliphatic rings. The van der Waals surface area contributed by atoms with E-state index in [1.165, 1.54) is 13.2 Å². The third-order valence-electron chi connectivity index (χ3n) is 3.89. The van der Waals surface area contributed by atoms with E-state index >= 15 is 0 Å². The largest absolute Gasteiger partial charge is 0.494 e. The Bertz CT molecular complexity index is 453. The predicted octanol–water partition coefficient (Wildman–Crippen LogP) is 2.31. The zero-order valence-corrected chi connectivity index (χ0v) is 11.7. The van der Waals surface area contributed by atoms with Crippen LogP contribution in [0.4, 0.5) is 15.8 Å². The first kappa shape index (κ1) is 13.9. The van der Waals surface area contributed by atoms with Gasteiger partial charge < -0.3 is 20.7 Å². The molecule has 0 bridgehead atoms. The molecule has 19 heavy (non-hydrogen) atoms. The number of halogens is 1. The van der Waals surface area contributed by atoms with Gasteiger partial charge in [-0.1, -0.05) is 0 Å². The smallest absolute Gasteiger partial charge is 0.167 e. The van der Waals surface area contributed by atoms with Gasteiger partial charge in [-0.15, -0.1) is 0 Å². The summed E-state index contributed by atoms with van der Waals surface area (Å²) in [6, 6.07) is 3.84. The number of nitrogens with two attached hydrogens (primary N) is 1. The molecule has 0 spiro atoms. The lowest BCUT2D eigenvalue weighted by molar-refractivity contribution is 0.190. The molecule has 1 heterocycles. The van der Waals surface area contributed by atoms with Crippen LogP contribution in [0.2, 0.25) is 0 Å². The molecule has 3 N–H and O–H groups in total. The molecule has 0 aliphatic carbocycles. The highest BCUT2D eigenvalue weighted by Crippen LogP contribution is 2.30. The Morgan fingerprint density at radius 2 is 2.21 bits per heavy atom. The van der Waals surface area contributed by atoms with Crippen LogP contribution in [0.5, 0.6) is 5.75 Å². The fraction of sp³-hybridized carbons (Fsp3) is 0.571. The minimum absolute atomic E-state index is 0.220. The van der Waals surface area contributed by atoms with Crippen molar-refractivity contribution in [2.75, 3.05) is 31.8 Å². The number of anilines is 2. The molecule has 2 rings (SSSR count). The molecule has 1 saturated heterocycles. The topological polar surface area (TPSA) is 50.5 Å². The summed E-state index contributed by atoms with van der Waals surface area (Å²) in [5.41, 5.74) is 7.03. The maximum atomic E-state index is 13.5. The second-order valence-electron chi connectivity index (χ2n) is 5.27. The summed E-state index contributed by atoms with van der Waals surface area (Å²) in [5.74, 6) is -0.208. The summed E-state index contributed by atoms with van der Waals surface area (Å²) in [6.07, 6.45) is 2.11. The molecule has 5 heteroatoms. The van der Waals surface area contributed by atoms with E-state index in [1.807, 2.05) is 0 Å². The molecule has 1 aromatic rings. The number of likely N-dealkylation sites (tertiary alicyclic amines) is 1. The van der Waals surface area contributed by atoms with E-state index in [0.29, 0.717) is 17.8 Å². The van der Waals surface area contributed by atoms with Crippen LogP contribution in [0.1, 0.15) is 19.8 Å². The molecular formula is C14H22FN3O. The molecule has 4 nitrogen and oxygen atoms in total. The molecular weight excluding hydrogens is 245 g/mol. The molecule has 1 aliphatic heterocycles. The van der Waals surface area contributed by atoms with Gasteiger partial charge in [0, 0.05) is 30.8 Å². The second kappa shape index (κ2) is 5.65. The molecule has 0 aromatic heterocycles. The van der Waals surface area contributed by atoms with Crippen LogP contribution >= 0.6 is 0 Å². The van der Waals surface area contributed by atoms with Gasteiger partial charge in [-0.3, -0.25) is 0 Å². The molecule has 1 aromatic carbocycles. The third kappa shape index (κ3) is 3.10. The van der Waals surface area contributed by atoms with Gasteiger partial charge in [-0.25, -0.2) is 4.39 Å². The highest BCUT2D eigenvalue weighted by Gasteiger charge is 2.23. The van der Waals surface area contributed by atoms with Gasteiger partial charge in [0.25, 0.3) is 0 Å². The van der Waals surface area contributed by atoms with Crippen molar-refractivity contribution in [3.63, 3.8) is 0 Å². The quantitative estimate of drug-likeness (QED) is 0.825. The summed E-state index contributed by atoms with van der Waals surface area (Å²) < 4.78 is 18.5. The molecule has 2 unspecified atom stereocenters. The first-order chi connectivity index (χ1) is 9.01. The van der Waals surface area contributed by atoms with E-state index in [-0.39, 0.29) is 5.75 Å². The van der Waals surface area contributed by atoms with Crippen LogP contribution in [-0.4, -0.2) is 37.7 Å². The number of piperidine rings is 1. The number of ether oxygens (including phenoxy) is 1. The zero-order chi connectivity index (χ0) is 14.0. The number of nitrogens with zero attached hydrogens (tertiary/aromatic N) is 1. The molecule has 1 fully saturated rings. The van der Waals surface area contributed by atoms with Gasteiger partial charge in [-0.2, -0.15) is 0 Å². The highest BCUT2D eigenvalue weighted by atomic mass is 19.1. The Labute approximate surface area is 113 Å². The van der Waals surface area contributed by atoms with E-state index in [1.54, 1.807) is 6.07 Å². The van der Waals surface area contributed by atoms with Crippen LogP contribution in [0, 0.1) is 5.82 Å². The Morgan fingerprint density at radius 1 is 1.47 bits per heavy atom. The van der Waals surface area contributed by atoms with Crippen molar-refractivity contribution in [2.24, 2.45) is 0 Å². The van der Waals surface area contributed by atoms with E-state index in [9.17, 15) is 4.39 Å². The molecule has 0 amide bonds. The van der Waals surface area contributed by atoms with Gasteiger partial charge >= 0.3 is 0 Å². The van der Waals surface area contributed by atoms with Crippen LogP contribution in [0.15, 0.2) is 12.1 Å². The van der Waals surface area contributed by atoms with Crippen LogP contribution in [0.3, 0.4) is 0 Å². The van der Waals surface area contributed by atoms with Crippen molar-refractivity contribution in [3.8, 4) is 5.75 Å². The predicted molar refractivity (Wildman–Crippen MR) is 76.1 cm³/mol. The molecule has 0 saturated carbocycles. The monoisotopic (exact) mass is 267 g/mol. The van der Waals surface area contributed by atoms with Crippen molar-refractivity contribution >= 4 is 11.4 Å². The van der Waals surface area contributed by atoms with Crippen molar-refractivity contribution in [1.29, 1.82) is 0 Å². The lowest BCUT2D eigenvalue weighted by atomic mass is 9.98. The fourth-order valence-corrected chi connectivity index (χ4v) is 2.49. The van der Waals surface area contributed by atoms with Gasteiger partial charge in [0.1, 0.15) is 0 Å². The SMILES string of the molecule is COc1cc(NC2CCN(C)C(C)C2)c(N)cc1F. The lowest BCUT2D eigenvalue weighted by Gasteiger charge is -2.36. The maximum Gasteiger partial charge on any atom is 0.167 e. The molecule has 106 valence electrons. The summed E-state index contributed by atoms with van der Waals surface area (Å²) in [6.45, 7) is 3.26. The maximum absolute atomic E-state index is 13.5. The lowest BCUT2D eigenvalue weighted by Crippen LogP contribution is -2.42. The van der Waals surface area contributed by atoms with Crippen molar-refractivity contribution < 1.29 is 9.13 Å². The summed E-state index contributed by atoms with van der Waals surface area (Å²) in [4.78, 5) is 2.34. The molecule has 0 radical (unpaired) electrons. The number of rotatable bonds is 3. The zero-order valence-electron chi connectivity index (χ0n) is 11.7. The van der Waals surface area contributed by atoms with Crippen molar-refractivity contribution in [2.45, 2.75) is 31.8 Å². The first-order valence-electron chi connectivity index (χ1n) is 6.61. The van der Waals surface area contributed by atoms with Crippen molar-refractivity contribution in [3.05, 3.63) is 17.9 Å². The summed E-state index contributed by atoms with van der Waals surface area (Å²) >= 11 is 0. The minimum atomic E-state index is -0.428. The van der Waals surface area contributed by atoms with E-state index in [0.717, 1.165) is 25.1 Å². The summed E-state index contributed by atoms with van der Waals surface area (Å²) in [7, 11) is 3.59. The highest BCUT2D eigenvalue weighted by molar-refractivity contribution is 5.69. The number of nitrogen functional groups attached to an aromatic ring is 1. The van der Waals surface area contributed by atoms with E-state index in [4.69, 9.17) is 10.5 Å². The number of hydrogen-bond acceptors (Lipinski definition) is 4. The van der Waals surface area contributed by atoms with Crippen LogP contribution in [-0.2, 0) is 0 Å². The fourth-order valence-electron chi connectivity index (χ4n) is 2.49. The first-order valence-corrected chi connectivity index (χ1v) is 6.61. The average Bonchev–Trinajstić information content (AvgIpc) is 2.37. The summed E-state index contributed by atoms with van der Waals surface area (Å²) in [5, 5.41) is 3.40. The Kier molecular flexibility index (Phi) is 4.14. The molecule has 2 atom stereocenters. The Morgan fingerprint density at radius 3 is 2.84 bits per heavy atom. The minimum Gasteiger partial charge on any atom is -0.494 e. The Hall–Kier alpha value is -1.49. The standard InChI is InChI=1S/C14H22FN3O/c1-9-6-10(4-5-18(9)2)17-13-8-14(19-3)11(15)7-12(13)16/h7-10,17H,4-6,16H2,1-3H3. The third-order valence-corrected chi connectivity index (χ3v) is 3.89. The Balaban J connectivity index is 2.11. The van der Waals surface area contributed by atoms with Crippen LogP contribution in [0.25, 0.3) is 0 Å². The van der Waals surface area contributed by atoms with Gasteiger partial charge in [0.2, 0.25) is 0 Å². The average molecular weight is 267 g/mol. The number of methoxy groups -OCH3 is 1.